The number of piperidine rings is 2. The highest BCUT2D eigenvalue weighted by Gasteiger charge is 2.23. The zero-order valence-corrected chi connectivity index (χ0v) is 11.3. The molecule has 1 aromatic heterocycles. The minimum atomic E-state index is 0.613. The molecule has 0 unspecified atom stereocenters. The Morgan fingerprint density at radius 3 is 2.33 bits per heavy atom. The lowest BCUT2D eigenvalue weighted by molar-refractivity contribution is 0.337. The summed E-state index contributed by atoms with van der Waals surface area (Å²) in [5.74, 6) is 0.724. The second kappa shape index (κ2) is 5.41. The Morgan fingerprint density at radius 2 is 1.67 bits per heavy atom. The molecule has 2 N–H and O–H groups in total. The van der Waals surface area contributed by atoms with Crippen LogP contribution in [0.15, 0.2) is 6.20 Å². The van der Waals surface area contributed by atoms with Gasteiger partial charge in [-0.2, -0.15) is 5.10 Å². The summed E-state index contributed by atoms with van der Waals surface area (Å²) in [6.45, 7) is 6.83. The highest BCUT2D eigenvalue weighted by atomic mass is 15.3. The molecule has 0 atom stereocenters. The molecular formula is C14H24N4. The summed E-state index contributed by atoms with van der Waals surface area (Å²) in [7, 11) is 0. The fraction of sp³-hybridized carbons (Fsp3) is 0.786. The Balaban J connectivity index is 1.78. The molecule has 0 spiro atoms. The minimum absolute atomic E-state index is 0.613. The molecule has 18 heavy (non-hydrogen) atoms. The van der Waals surface area contributed by atoms with Crippen LogP contribution in [0.25, 0.3) is 0 Å². The summed E-state index contributed by atoms with van der Waals surface area (Å²) in [5, 5.41) is 11.5. The van der Waals surface area contributed by atoms with Crippen molar-refractivity contribution in [3.05, 3.63) is 17.5 Å². The third-order valence-electron chi connectivity index (χ3n) is 4.52. The Bertz CT molecular complexity index is 351. The molecule has 2 saturated heterocycles. The van der Waals surface area contributed by atoms with Crippen LogP contribution in [0, 0.1) is 6.92 Å². The summed E-state index contributed by atoms with van der Waals surface area (Å²) in [6.07, 6.45) is 7.09. The van der Waals surface area contributed by atoms with E-state index < -0.39 is 0 Å². The second-order valence-electron chi connectivity index (χ2n) is 5.64. The van der Waals surface area contributed by atoms with E-state index in [9.17, 15) is 0 Å². The van der Waals surface area contributed by atoms with Crippen molar-refractivity contribution >= 4 is 0 Å². The first-order chi connectivity index (χ1) is 8.86. The molecule has 4 nitrogen and oxygen atoms in total. The molecule has 2 fully saturated rings. The van der Waals surface area contributed by atoms with E-state index in [0.717, 1.165) is 32.1 Å². The van der Waals surface area contributed by atoms with Crippen molar-refractivity contribution in [3.8, 4) is 0 Å². The van der Waals surface area contributed by atoms with Crippen LogP contribution in [0.5, 0.6) is 0 Å². The normalized spacial score (nSPS) is 23.4. The fourth-order valence-electron chi connectivity index (χ4n) is 3.39. The molecule has 0 aromatic carbocycles. The van der Waals surface area contributed by atoms with Crippen LogP contribution in [0.2, 0.25) is 0 Å². The Hall–Kier alpha value is -0.870. The second-order valence-corrected chi connectivity index (χ2v) is 5.64. The molecule has 3 heterocycles. The first-order valence-corrected chi connectivity index (χ1v) is 7.31. The number of rotatable bonds is 2. The number of nitrogens with zero attached hydrogens (tertiary/aromatic N) is 2. The van der Waals surface area contributed by atoms with Crippen molar-refractivity contribution in [2.24, 2.45) is 0 Å². The summed E-state index contributed by atoms with van der Waals surface area (Å²) in [4.78, 5) is 0. The Morgan fingerprint density at radius 1 is 1.06 bits per heavy atom. The van der Waals surface area contributed by atoms with Crippen LogP contribution in [-0.4, -0.2) is 36.0 Å². The van der Waals surface area contributed by atoms with Gasteiger partial charge in [0.15, 0.2) is 0 Å². The van der Waals surface area contributed by atoms with Crippen molar-refractivity contribution < 1.29 is 0 Å². The van der Waals surface area contributed by atoms with E-state index in [1.807, 2.05) is 0 Å². The quantitative estimate of drug-likeness (QED) is 0.835. The van der Waals surface area contributed by atoms with Gasteiger partial charge in [0.05, 0.1) is 12.2 Å². The number of aromatic nitrogens is 2. The molecule has 3 rings (SSSR count). The van der Waals surface area contributed by atoms with Crippen LogP contribution in [-0.2, 0) is 0 Å². The lowest BCUT2D eigenvalue weighted by atomic mass is 9.90. The maximum Gasteiger partial charge on any atom is 0.0546 e. The lowest BCUT2D eigenvalue weighted by Gasteiger charge is -2.26. The first kappa shape index (κ1) is 12.2. The van der Waals surface area contributed by atoms with E-state index in [-0.39, 0.29) is 0 Å². The van der Waals surface area contributed by atoms with E-state index >= 15 is 0 Å². The first-order valence-electron chi connectivity index (χ1n) is 7.31. The van der Waals surface area contributed by atoms with Crippen LogP contribution in [0.4, 0.5) is 0 Å². The monoisotopic (exact) mass is 248 g/mol. The largest absolute Gasteiger partial charge is 0.317 e. The molecule has 100 valence electrons. The van der Waals surface area contributed by atoms with Gasteiger partial charge in [0.25, 0.3) is 0 Å². The predicted molar refractivity (Wildman–Crippen MR) is 72.9 cm³/mol. The number of hydrogen-bond donors (Lipinski definition) is 2. The van der Waals surface area contributed by atoms with E-state index in [1.54, 1.807) is 0 Å². The van der Waals surface area contributed by atoms with Crippen molar-refractivity contribution in [3.63, 3.8) is 0 Å². The fourth-order valence-corrected chi connectivity index (χ4v) is 3.39. The van der Waals surface area contributed by atoms with Gasteiger partial charge in [-0.1, -0.05) is 0 Å². The van der Waals surface area contributed by atoms with Crippen LogP contribution < -0.4 is 10.6 Å². The molecule has 4 heteroatoms. The predicted octanol–water partition coefficient (Wildman–Crippen LogP) is 1.58. The van der Waals surface area contributed by atoms with Gasteiger partial charge in [-0.15, -0.1) is 0 Å². The standard InChI is InChI=1S/C14H24N4/c1-11-14(12-2-6-15-7-3-12)10-17-18(11)13-4-8-16-9-5-13/h10,12-13,15-16H,2-9H2,1H3. The number of hydrogen-bond acceptors (Lipinski definition) is 3. The summed E-state index contributed by atoms with van der Waals surface area (Å²) in [6, 6.07) is 0.613. The SMILES string of the molecule is Cc1c(C2CCNCC2)cnn1C1CCNCC1. The Kier molecular flexibility index (Phi) is 3.66. The summed E-state index contributed by atoms with van der Waals surface area (Å²) in [5.41, 5.74) is 2.91. The van der Waals surface area contributed by atoms with Crippen molar-refractivity contribution in [2.75, 3.05) is 26.2 Å². The smallest absolute Gasteiger partial charge is 0.0546 e. The molecule has 1 aromatic rings. The molecule has 0 bridgehead atoms. The lowest BCUT2D eigenvalue weighted by Crippen LogP contribution is -2.30. The van der Waals surface area contributed by atoms with Crippen molar-refractivity contribution in [1.82, 2.24) is 20.4 Å². The third-order valence-corrected chi connectivity index (χ3v) is 4.52. The van der Waals surface area contributed by atoms with Crippen LogP contribution in [0.1, 0.15) is 48.9 Å². The van der Waals surface area contributed by atoms with E-state index in [4.69, 9.17) is 0 Å². The van der Waals surface area contributed by atoms with Gasteiger partial charge in [0, 0.05) is 5.69 Å². The zero-order valence-electron chi connectivity index (χ0n) is 11.3. The molecule has 0 aliphatic carbocycles. The third kappa shape index (κ3) is 2.31. The van der Waals surface area contributed by atoms with Crippen molar-refractivity contribution in [1.29, 1.82) is 0 Å². The highest BCUT2D eigenvalue weighted by molar-refractivity contribution is 5.22. The molecule has 2 aliphatic heterocycles. The van der Waals surface area contributed by atoms with Gasteiger partial charge >= 0.3 is 0 Å². The average molecular weight is 248 g/mol. The molecule has 0 radical (unpaired) electrons. The average Bonchev–Trinajstić information content (AvgIpc) is 2.83. The summed E-state index contributed by atoms with van der Waals surface area (Å²) >= 11 is 0. The molecular weight excluding hydrogens is 224 g/mol. The van der Waals surface area contributed by atoms with Gasteiger partial charge in [0.2, 0.25) is 0 Å². The minimum Gasteiger partial charge on any atom is -0.317 e. The maximum absolute atomic E-state index is 4.68. The van der Waals surface area contributed by atoms with E-state index in [0.29, 0.717) is 6.04 Å². The molecule has 0 amide bonds. The summed E-state index contributed by atoms with van der Waals surface area (Å²) < 4.78 is 2.29. The van der Waals surface area contributed by atoms with E-state index in [2.05, 4.69) is 33.5 Å². The van der Waals surface area contributed by atoms with Crippen LogP contribution in [0.3, 0.4) is 0 Å². The van der Waals surface area contributed by atoms with Gasteiger partial charge in [-0.3, -0.25) is 4.68 Å². The number of nitrogens with one attached hydrogen (secondary N) is 2. The van der Waals surface area contributed by atoms with Gasteiger partial charge < -0.3 is 10.6 Å². The van der Waals surface area contributed by atoms with Crippen molar-refractivity contribution in [2.45, 2.75) is 44.6 Å². The maximum atomic E-state index is 4.68. The Labute approximate surface area is 109 Å². The molecule has 2 aliphatic rings. The topological polar surface area (TPSA) is 41.9 Å². The highest BCUT2D eigenvalue weighted by Crippen LogP contribution is 2.30. The molecule has 0 saturated carbocycles. The van der Waals surface area contributed by atoms with Crippen LogP contribution >= 0.6 is 0 Å². The van der Waals surface area contributed by atoms with E-state index in [1.165, 1.54) is 36.9 Å². The van der Waals surface area contributed by atoms with Gasteiger partial charge in [-0.05, 0) is 70.3 Å². The zero-order chi connectivity index (χ0) is 12.4. The van der Waals surface area contributed by atoms with Gasteiger partial charge in [0.1, 0.15) is 0 Å². The van der Waals surface area contributed by atoms with Gasteiger partial charge in [-0.25, -0.2) is 0 Å².